The molecule has 1 amide bonds. The lowest BCUT2D eigenvalue weighted by molar-refractivity contribution is 0.0985. The number of benzene rings is 2. The monoisotopic (exact) mass is 369 g/mol. The van der Waals surface area contributed by atoms with E-state index in [-0.39, 0.29) is 5.91 Å². The Morgan fingerprint density at radius 1 is 0.893 bits per heavy atom. The molecule has 5 rings (SSSR count). The first-order valence-corrected chi connectivity index (χ1v) is 9.19. The van der Waals surface area contributed by atoms with Gasteiger partial charge in [-0.15, -0.1) is 0 Å². The number of aromatic nitrogens is 4. The van der Waals surface area contributed by atoms with Crippen LogP contribution in [0.2, 0.25) is 0 Å². The molecule has 0 radical (unpaired) electrons. The van der Waals surface area contributed by atoms with Crippen LogP contribution in [0.1, 0.15) is 21.6 Å². The maximum Gasteiger partial charge on any atom is 0.258 e. The van der Waals surface area contributed by atoms with Crippen molar-refractivity contribution in [3.05, 3.63) is 89.9 Å². The SMILES string of the molecule is Cn1nccc1-c1ccc(C(=O)N2Cc3ccnn3Cc3ccccc32)cc1. The molecule has 28 heavy (non-hydrogen) atoms. The Morgan fingerprint density at radius 2 is 1.68 bits per heavy atom. The molecule has 6 heteroatoms. The Morgan fingerprint density at radius 3 is 2.46 bits per heavy atom. The summed E-state index contributed by atoms with van der Waals surface area (Å²) in [6.45, 7) is 1.17. The van der Waals surface area contributed by atoms with E-state index >= 15 is 0 Å². The Hall–Kier alpha value is -3.67. The normalized spacial score (nSPS) is 13.0. The van der Waals surface area contributed by atoms with E-state index < -0.39 is 0 Å². The highest BCUT2D eigenvalue weighted by molar-refractivity contribution is 6.06. The number of amides is 1. The highest BCUT2D eigenvalue weighted by Gasteiger charge is 2.25. The van der Waals surface area contributed by atoms with Crippen molar-refractivity contribution >= 4 is 11.6 Å². The lowest BCUT2D eigenvalue weighted by Crippen LogP contribution is -2.30. The van der Waals surface area contributed by atoms with Gasteiger partial charge < -0.3 is 4.90 Å². The minimum absolute atomic E-state index is 0.0151. The summed E-state index contributed by atoms with van der Waals surface area (Å²) in [6.07, 6.45) is 3.56. The molecule has 0 saturated heterocycles. The zero-order valence-electron chi connectivity index (χ0n) is 15.5. The first-order valence-electron chi connectivity index (χ1n) is 9.19. The van der Waals surface area contributed by atoms with E-state index in [9.17, 15) is 4.79 Å². The number of anilines is 1. The summed E-state index contributed by atoms with van der Waals surface area (Å²) < 4.78 is 3.78. The molecule has 4 aromatic rings. The maximum atomic E-state index is 13.4. The van der Waals surface area contributed by atoms with E-state index in [1.807, 2.05) is 75.9 Å². The Kier molecular flexibility index (Phi) is 3.83. The van der Waals surface area contributed by atoms with Crippen LogP contribution in [-0.4, -0.2) is 25.5 Å². The van der Waals surface area contributed by atoms with Gasteiger partial charge in [-0.1, -0.05) is 30.3 Å². The Bertz CT molecular complexity index is 1160. The largest absolute Gasteiger partial charge is 0.302 e. The predicted octanol–water partition coefficient (Wildman–Crippen LogP) is 3.49. The van der Waals surface area contributed by atoms with Crippen LogP contribution >= 0.6 is 0 Å². The fourth-order valence-corrected chi connectivity index (χ4v) is 3.73. The molecule has 0 saturated carbocycles. The molecule has 1 aliphatic heterocycles. The van der Waals surface area contributed by atoms with Gasteiger partial charge in [0.15, 0.2) is 0 Å². The van der Waals surface area contributed by atoms with Gasteiger partial charge in [0.05, 0.1) is 24.5 Å². The standard InChI is InChI=1S/C22H19N5O/c1-25-20(11-13-23-25)16-6-8-17(9-7-16)22(28)26-15-19-10-12-24-27(19)14-18-4-2-3-5-21(18)26/h2-13H,14-15H2,1H3. The van der Waals surface area contributed by atoms with Gasteiger partial charge in [-0.3, -0.25) is 14.2 Å². The van der Waals surface area contributed by atoms with Crippen molar-refractivity contribution in [3.8, 4) is 11.3 Å². The van der Waals surface area contributed by atoms with Crippen LogP contribution < -0.4 is 4.90 Å². The van der Waals surface area contributed by atoms with Gasteiger partial charge in [0.1, 0.15) is 0 Å². The minimum atomic E-state index is -0.0151. The fourth-order valence-electron chi connectivity index (χ4n) is 3.73. The molecule has 0 bridgehead atoms. The average Bonchev–Trinajstić information content (AvgIpc) is 3.32. The van der Waals surface area contributed by atoms with Gasteiger partial charge in [0.25, 0.3) is 5.91 Å². The fraction of sp³-hybridized carbons (Fsp3) is 0.136. The molecule has 1 aliphatic rings. The lowest BCUT2D eigenvalue weighted by Gasteiger charge is -2.22. The summed E-state index contributed by atoms with van der Waals surface area (Å²) in [6, 6.07) is 19.7. The van der Waals surface area contributed by atoms with E-state index in [0.29, 0.717) is 18.7 Å². The number of nitrogens with zero attached hydrogens (tertiary/aromatic N) is 5. The Balaban J connectivity index is 1.52. The lowest BCUT2D eigenvalue weighted by atomic mass is 10.1. The van der Waals surface area contributed by atoms with Crippen molar-refractivity contribution in [3.63, 3.8) is 0 Å². The first-order chi connectivity index (χ1) is 13.7. The first kappa shape index (κ1) is 16.5. The third-order valence-electron chi connectivity index (χ3n) is 5.22. The summed E-state index contributed by atoms with van der Waals surface area (Å²) in [5.74, 6) is -0.0151. The number of carbonyl (C=O) groups excluding carboxylic acids is 1. The number of aryl methyl sites for hydroxylation is 1. The van der Waals surface area contributed by atoms with Gasteiger partial charge in [-0.25, -0.2) is 0 Å². The second kappa shape index (κ2) is 6.49. The molecule has 0 aliphatic carbocycles. The molecule has 0 spiro atoms. The molecule has 6 nitrogen and oxygen atoms in total. The number of para-hydroxylation sites is 1. The van der Waals surface area contributed by atoms with Gasteiger partial charge >= 0.3 is 0 Å². The number of fused-ring (bicyclic) bond motifs is 2. The van der Waals surface area contributed by atoms with E-state index in [2.05, 4.69) is 16.3 Å². The van der Waals surface area contributed by atoms with Crippen molar-refractivity contribution in [1.82, 2.24) is 19.6 Å². The van der Waals surface area contributed by atoms with E-state index in [0.717, 1.165) is 28.2 Å². The van der Waals surface area contributed by atoms with E-state index in [1.54, 1.807) is 12.4 Å². The quantitative estimate of drug-likeness (QED) is 0.543. The molecule has 0 unspecified atom stereocenters. The second-order valence-electron chi connectivity index (χ2n) is 6.92. The molecule has 3 heterocycles. The summed E-state index contributed by atoms with van der Waals surface area (Å²) >= 11 is 0. The van der Waals surface area contributed by atoms with Crippen LogP contribution in [0.5, 0.6) is 0 Å². The van der Waals surface area contributed by atoms with Crippen LogP contribution in [0.15, 0.2) is 73.1 Å². The number of hydrogen-bond acceptors (Lipinski definition) is 3. The molecular formula is C22H19N5O. The smallest absolute Gasteiger partial charge is 0.258 e. The molecule has 2 aromatic carbocycles. The summed E-state index contributed by atoms with van der Waals surface area (Å²) in [5.41, 5.74) is 5.76. The van der Waals surface area contributed by atoms with Crippen molar-refractivity contribution in [2.24, 2.45) is 7.05 Å². The molecule has 2 aromatic heterocycles. The van der Waals surface area contributed by atoms with Crippen molar-refractivity contribution in [2.45, 2.75) is 13.1 Å². The summed E-state index contributed by atoms with van der Waals surface area (Å²) in [5, 5.41) is 8.61. The second-order valence-corrected chi connectivity index (χ2v) is 6.92. The van der Waals surface area contributed by atoms with Gasteiger partial charge in [-0.2, -0.15) is 10.2 Å². The average molecular weight is 369 g/mol. The van der Waals surface area contributed by atoms with Crippen molar-refractivity contribution in [1.29, 1.82) is 0 Å². The highest BCUT2D eigenvalue weighted by atomic mass is 16.2. The number of carbonyl (C=O) groups is 1. The van der Waals surface area contributed by atoms with Crippen LogP contribution in [-0.2, 0) is 20.1 Å². The highest BCUT2D eigenvalue weighted by Crippen LogP contribution is 2.29. The molecule has 0 atom stereocenters. The van der Waals surface area contributed by atoms with Crippen LogP contribution in [0.25, 0.3) is 11.3 Å². The molecule has 0 fully saturated rings. The third kappa shape index (κ3) is 2.70. The summed E-state index contributed by atoms with van der Waals surface area (Å²) in [7, 11) is 1.91. The van der Waals surface area contributed by atoms with Gasteiger partial charge in [-0.05, 0) is 41.5 Å². The number of rotatable bonds is 2. The summed E-state index contributed by atoms with van der Waals surface area (Å²) in [4.78, 5) is 15.2. The zero-order chi connectivity index (χ0) is 19.1. The van der Waals surface area contributed by atoms with Gasteiger partial charge in [0, 0.05) is 30.7 Å². The van der Waals surface area contributed by atoms with Crippen molar-refractivity contribution < 1.29 is 4.79 Å². The molecule has 0 N–H and O–H groups in total. The Labute approximate surface area is 162 Å². The van der Waals surface area contributed by atoms with Crippen molar-refractivity contribution in [2.75, 3.05) is 4.90 Å². The van der Waals surface area contributed by atoms with E-state index in [1.165, 1.54) is 0 Å². The van der Waals surface area contributed by atoms with Gasteiger partial charge in [0.2, 0.25) is 0 Å². The zero-order valence-corrected chi connectivity index (χ0v) is 15.5. The van der Waals surface area contributed by atoms with Crippen LogP contribution in [0.4, 0.5) is 5.69 Å². The van der Waals surface area contributed by atoms with E-state index in [4.69, 9.17) is 0 Å². The molecular weight excluding hydrogens is 350 g/mol. The maximum absolute atomic E-state index is 13.4. The topological polar surface area (TPSA) is 56.0 Å². The van der Waals surface area contributed by atoms with Crippen LogP contribution in [0.3, 0.4) is 0 Å². The predicted molar refractivity (Wildman–Crippen MR) is 107 cm³/mol. The number of hydrogen-bond donors (Lipinski definition) is 0. The molecule has 138 valence electrons. The minimum Gasteiger partial charge on any atom is -0.302 e. The van der Waals surface area contributed by atoms with Crippen LogP contribution in [0, 0.1) is 0 Å². The third-order valence-corrected chi connectivity index (χ3v) is 5.22.